The number of rotatable bonds is 4. The second-order valence-electron chi connectivity index (χ2n) is 6.20. The Kier molecular flexibility index (Phi) is 6.16. The van der Waals surface area contributed by atoms with Crippen LogP contribution in [0.25, 0.3) is 0 Å². The van der Waals surface area contributed by atoms with E-state index in [9.17, 15) is 19.2 Å². The van der Waals surface area contributed by atoms with E-state index < -0.39 is 30.9 Å². The molecule has 0 bridgehead atoms. The molecule has 2 unspecified atom stereocenters. The lowest BCUT2D eigenvalue weighted by molar-refractivity contribution is -0.160. The standard InChI is InChI=1S/C16H24N2O6/c1-11(19)18-9-5-7-13(18)15(21)23-10-24-16(22)17(2)12-6-3-4-8-14(12)20/h12-13H,3-10H2,1-2H3. The van der Waals surface area contributed by atoms with Gasteiger partial charge in [-0.2, -0.15) is 0 Å². The maximum Gasteiger partial charge on any atom is 0.413 e. The van der Waals surface area contributed by atoms with Crippen LogP contribution >= 0.6 is 0 Å². The van der Waals surface area contributed by atoms with Crippen molar-refractivity contribution in [2.75, 3.05) is 20.4 Å². The third-order valence-corrected chi connectivity index (χ3v) is 4.59. The molecule has 1 saturated carbocycles. The van der Waals surface area contributed by atoms with E-state index >= 15 is 0 Å². The smallest absolute Gasteiger partial charge is 0.413 e. The van der Waals surface area contributed by atoms with Crippen molar-refractivity contribution in [1.82, 2.24) is 9.80 Å². The first-order valence-corrected chi connectivity index (χ1v) is 8.28. The maximum atomic E-state index is 12.0. The SMILES string of the molecule is CC(=O)N1CCCC1C(=O)OCOC(=O)N(C)C1CCCCC1=O. The van der Waals surface area contributed by atoms with Gasteiger partial charge in [0.15, 0.2) is 5.78 Å². The summed E-state index contributed by atoms with van der Waals surface area (Å²) >= 11 is 0. The molecular formula is C16H24N2O6. The van der Waals surface area contributed by atoms with Crippen molar-refractivity contribution in [3.05, 3.63) is 0 Å². The van der Waals surface area contributed by atoms with Crippen LogP contribution in [0.2, 0.25) is 0 Å². The molecule has 0 aromatic rings. The third-order valence-electron chi connectivity index (χ3n) is 4.59. The molecule has 0 aromatic carbocycles. The second-order valence-corrected chi connectivity index (χ2v) is 6.20. The predicted molar refractivity (Wildman–Crippen MR) is 82.9 cm³/mol. The summed E-state index contributed by atoms with van der Waals surface area (Å²) in [6.45, 7) is 1.41. The van der Waals surface area contributed by atoms with Crippen LogP contribution in [0.5, 0.6) is 0 Å². The van der Waals surface area contributed by atoms with Gasteiger partial charge in [0.1, 0.15) is 6.04 Å². The lowest BCUT2D eigenvalue weighted by Gasteiger charge is -2.29. The van der Waals surface area contributed by atoms with E-state index in [-0.39, 0.29) is 11.7 Å². The second kappa shape index (κ2) is 8.12. The number of carbonyl (C=O) groups is 4. The summed E-state index contributed by atoms with van der Waals surface area (Å²) in [5, 5.41) is 0. The number of hydrogen-bond donors (Lipinski definition) is 0. The molecule has 8 nitrogen and oxygen atoms in total. The molecule has 2 fully saturated rings. The molecule has 1 aliphatic heterocycles. The molecule has 134 valence electrons. The summed E-state index contributed by atoms with van der Waals surface area (Å²) in [5.41, 5.74) is 0. The van der Waals surface area contributed by atoms with Crippen LogP contribution in [0, 0.1) is 0 Å². The molecule has 24 heavy (non-hydrogen) atoms. The van der Waals surface area contributed by atoms with Crippen LogP contribution in [0.15, 0.2) is 0 Å². The number of likely N-dealkylation sites (N-methyl/N-ethyl adjacent to an activating group) is 1. The van der Waals surface area contributed by atoms with Gasteiger partial charge >= 0.3 is 12.1 Å². The minimum atomic E-state index is -0.696. The van der Waals surface area contributed by atoms with Crippen molar-refractivity contribution in [2.24, 2.45) is 0 Å². The van der Waals surface area contributed by atoms with E-state index in [1.54, 1.807) is 0 Å². The number of amides is 2. The van der Waals surface area contributed by atoms with Crippen LogP contribution in [0.1, 0.15) is 45.4 Å². The number of likely N-dealkylation sites (tertiary alicyclic amines) is 1. The van der Waals surface area contributed by atoms with Crippen molar-refractivity contribution in [2.45, 2.75) is 57.5 Å². The molecule has 2 atom stereocenters. The Balaban J connectivity index is 1.76. The average Bonchev–Trinajstić information content (AvgIpc) is 3.04. The van der Waals surface area contributed by atoms with Gasteiger partial charge in [0.2, 0.25) is 12.7 Å². The Hall–Kier alpha value is -2.12. The molecule has 1 heterocycles. The lowest BCUT2D eigenvalue weighted by Crippen LogP contribution is -2.44. The fraction of sp³-hybridized carbons (Fsp3) is 0.750. The highest BCUT2D eigenvalue weighted by Gasteiger charge is 2.34. The Morgan fingerprint density at radius 1 is 1.17 bits per heavy atom. The molecule has 1 aliphatic carbocycles. The molecule has 0 N–H and O–H groups in total. The zero-order chi connectivity index (χ0) is 17.7. The summed E-state index contributed by atoms with van der Waals surface area (Å²) in [5.74, 6) is -0.727. The number of ether oxygens (including phenoxy) is 2. The molecule has 0 aromatic heterocycles. The molecule has 2 aliphatic rings. The van der Waals surface area contributed by atoms with Gasteiger partial charge in [0.05, 0.1) is 6.04 Å². The van der Waals surface area contributed by atoms with Crippen LogP contribution in [-0.2, 0) is 23.9 Å². The number of nitrogens with zero attached hydrogens (tertiary/aromatic N) is 2. The average molecular weight is 340 g/mol. The first-order chi connectivity index (χ1) is 11.4. The highest BCUT2D eigenvalue weighted by molar-refractivity contribution is 5.88. The molecule has 0 radical (unpaired) electrons. The third kappa shape index (κ3) is 4.24. The minimum Gasteiger partial charge on any atom is -0.426 e. The summed E-state index contributed by atoms with van der Waals surface area (Å²) < 4.78 is 9.87. The topological polar surface area (TPSA) is 93.2 Å². The first kappa shape index (κ1) is 18.2. The van der Waals surface area contributed by atoms with Gasteiger partial charge in [-0.1, -0.05) is 6.42 Å². The number of esters is 1. The van der Waals surface area contributed by atoms with E-state index in [2.05, 4.69) is 0 Å². The largest absolute Gasteiger partial charge is 0.426 e. The molecule has 8 heteroatoms. The number of Topliss-reactive ketones (excluding diaryl/α,β-unsaturated/α-hetero) is 1. The zero-order valence-corrected chi connectivity index (χ0v) is 14.2. The molecule has 2 amide bonds. The summed E-state index contributed by atoms with van der Waals surface area (Å²) in [6.07, 6.45) is 3.43. The monoisotopic (exact) mass is 340 g/mol. The van der Waals surface area contributed by atoms with Crippen molar-refractivity contribution < 1.29 is 28.7 Å². The number of ketones is 1. The van der Waals surface area contributed by atoms with Crippen LogP contribution in [0.4, 0.5) is 4.79 Å². The van der Waals surface area contributed by atoms with Gasteiger partial charge in [-0.3, -0.25) is 9.59 Å². The van der Waals surface area contributed by atoms with Gasteiger partial charge in [0, 0.05) is 26.9 Å². The molecule has 0 spiro atoms. The first-order valence-electron chi connectivity index (χ1n) is 8.28. The van der Waals surface area contributed by atoms with Gasteiger partial charge < -0.3 is 19.3 Å². The predicted octanol–water partition coefficient (Wildman–Crippen LogP) is 1.08. The highest BCUT2D eigenvalue weighted by Crippen LogP contribution is 2.20. The van der Waals surface area contributed by atoms with Gasteiger partial charge in [-0.15, -0.1) is 0 Å². The minimum absolute atomic E-state index is 0.0285. The maximum absolute atomic E-state index is 12.0. The fourth-order valence-corrected chi connectivity index (χ4v) is 3.23. The van der Waals surface area contributed by atoms with Crippen molar-refractivity contribution in [3.8, 4) is 0 Å². The van der Waals surface area contributed by atoms with E-state index in [0.717, 1.165) is 19.3 Å². The summed E-state index contributed by atoms with van der Waals surface area (Å²) in [7, 11) is 1.51. The van der Waals surface area contributed by atoms with Crippen molar-refractivity contribution in [3.63, 3.8) is 0 Å². The quantitative estimate of drug-likeness (QED) is 0.561. The Morgan fingerprint density at radius 2 is 1.92 bits per heavy atom. The van der Waals surface area contributed by atoms with Gasteiger partial charge in [-0.25, -0.2) is 9.59 Å². The number of hydrogen-bond acceptors (Lipinski definition) is 6. The van der Waals surface area contributed by atoms with Crippen LogP contribution < -0.4 is 0 Å². The van der Waals surface area contributed by atoms with Crippen molar-refractivity contribution in [1.29, 1.82) is 0 Å². The normalized spacial score (nSPS) is 23.8. The van der Waals surface area contributed by atoms with E-state index in [1.165, 1.54) is 23.8 Å². The van der Waals surface area contributed by atoms with Gasteiger partial charge in [0.25, 0.3) is 0 Å². The molecule has 1 saturated heterocycles. The Bertz CT molecular complexity index is 521. The van der Waals surface area contributed by atoms with Crippen molar-refractivity contribution >= 4 is 23.8 Å². The van der Waals surface area contributed by atoms with E-state index in [4.69, 9.17) is 9.47 Å². The number of carbonyl (C=O) groups excluding carboxylic acids is 4. The van der Waals surface area contributed by atoms with Gasteiger partial charge in [-0.05, 0) is 25.7 Å². The molecule has 2 rings (SSSR count). The van der Waals surface area contributed by atoms with E-state index in [0.29, 0.717) is 25.8 Å². The summed E-state index contributed by atoms with van der Waals surface area (Å²) in [4.78, 5) is 49.9. The Morgan fingerprint density at radius 3 is 2.58 bits per heavy atom. The highest BCUT2D eigenvalue weighted by atomic mass is 16.7. The Labute approximate surface area is 141 Å². The lowest BCUT2D eigenvalue weighted by atomic mass is 9.93. The van der Waals surface area contributed by atoms with Crippen LogP contribution in [0.3, 0.4) is 0 Å². The fourth-order valence-electron chi connectivity index (χ4n) is 3.23. The van der Waals surface area contributed by atoms with Crippen LogP contribution in [-0.4, -0.2) is 66.0 Å². The van der Waals surface area contributed by atoms with E-state index in [1.807, 2.05) is 0 Å². The zero-order valence-electron chi connectivity index (χ0n) is 14.2. The molecular weight excluding hydrogens is 316 g/mol. The summed E-state index contributed by atoms with van der Waals surface area (Å²) in [6, 6.07) is -1.08.